The summed E-state index contributed by atoms with van der Waals surface area (Å²) in [5.41, 5.74) is 3.14. The molecule has 0 heterocycles. The molecule has 1 N–H and O–H groups in total. The average Bonchev–Trinajstić information content (AvgIpc) is 2.88. The number of fused-ring (bicyclic) bond motifs is 1. The maximum Gasteiger partial charge on any atom is 0.0151 e. The number of nitrogens with one attached hydrogen (secondary N) is 1. The van der Waals surface area contributed by atoms with E-state index in [1.807, 2.05) is 0 Å². The van der Waals surface area contributed by atoms with Crippen molar-refractivity contribution in [3.8, 4) is 0 Å². The second-order valence-electron chi connectivity index (χ2n) is 6.45. The first-order valence-electron chi connectivity index (χ1n) is 8.19. The van der Waals surface area contributed by atoms with E-state index in [4.69, 9.17) is 0 Å². The molecule has 3 rings (SSSR count). The fraction of sp³-hybridized carbons (Fsp3) is 0.667. The molecule has 0 aliphatic heterocycles. The molecule has 2 aliphatic carbocycles. The van der Waals surface area contributed by atoms with E-state index < -0.39 is 0 Å². The zero-order valence-electron chi connectivity index (χ0n) is 12.2. The Hall–Kier alpha value is -0.820. The smallest absolute Gasteiger partial charge is 0.0151 e. The van der Waals surface area contributed by atoms with E-state index in [1.165, 1.54) is 51.4 Å². The van der Waals surface area contributed by atoms with E-state index >= 15 is 0 Å². The molecule has 1 saturated carbocycles. The third-order valence-electron chi connectivity index (χ3n) is 5.16. The Labute approximate surface area is 117 Å². The van der Waals surface area contributed by atoms with Gasteiger partial charge in [0.1, 0.15) is 0 Å². The molecule has 0 bridgehead atoms. The summed E-state index contributed by atoms with van der Waals surface area (Å²) < 4.78 is 0. The Bertz CT molecular complexity index is 381. The predicted octanol–water partition coefficient (Wildman–Crippen LogP) is 4.10. The summed E-state index contributed by atoms with van der Waals surface area (Å²) in [6.45, 7) is 2.36. The van der Waals surface area contributed by atoms with Crippen LogP contribution >= 0.6 is 0 Å². The van der Waals surface area contributed by atoms with Crippen molar-refractivity contribution in [1.82, 2.24) is 5.32 Å². The van der Waals surface area contributed by atoms with Crippen LogP contribution in [0.25, 0.3) is 0 Å². The van der Waals surface area contributed by atoms with Crippen LogP contribution in [0.3, 0.4) is 0 Å². The van der Waals surface area contributed by atoms with E-state index in [1.54, 1.807) is 11.1 Å². The lowest BCUT2D eigenvalue weighted by Crippen LogP contribution is -2.43. The van der Waals surface area contributed by atoms with Gasteiger partial charge in [-0.1, -0.05) is 50.5 Å². The third-order valence-corrected chi connectivity index (χ3v) is 5.16. The first-order valence-corrected chi connectivity index (χ1v) is 8.19. The SMILES string of the molecule is CCC(NC1Cc2ccccc2C1)C1CCCCC1. The van der Waals surface area contributed by atoms with Crippen molar-refractivity contribution in [2.75, 3.05) is 0 Å². The Morgan fingerprint density at radius 2 is 1.68 bits per heavy atom. The Morgan fingerprint density at radius 3 is 2.26 bits per heavy atom. The van der Waals surface area contributed by atoms with Gasteiger partial charge in [-0.3, -0.25) is 0 Å². The Balaban J connectivity index is 1.59. The largest absolute Gasteiger partial charge is 0.310 e. The minimum Gasteiger partial charge on any atom is -0.310 e. The van der Waals surface area contributed by atoms with Gasteiger partial charge < -0.3 is 5.32 Å². The summed E-state index contributed by atoms with van der Waals surface area (Å²) in [6, 6.07) is 10.4. The molecule has 1 unspecified atom stereocenters. The molecule has 1 heteroatoms. The third kappa shape index (κ3) is 3.02. The molecule has 104 valence electrons. The van der Waals surface area contributed by atoms with Crippen molar-refractivity contribution in [2.45, 2.75) is 70.4 Å². The van der Waals surface area contributed by atoms with Crippen molar-refractivity contribution in [2.24, 2.45) is 5.92 Å². The molecule has 2 aliphatic rings. The van der Waals surface area contributed by atoms with E-state index in [0.717, 1.165) is 12.0 Å². The zero-order chi connectivity index (χ0) is 13.1. The van der Waals surface area contributed by atoms with E-state index in [2.05, 4.69) is 36.5 Å². The summed E-state index contributed by atoms with van der Waals surface area (Å²) in [7, 11) is 0. The summed E-state index contributed by atoms with van der Waals surface area (Å²) in [4.78, 5) is 0. The number of hydrogen-bond acceptors (Lipinski definition) is 1. The topological polar surface area (TPSA) is 12.0 Å². The monoisotopic (exact) mass is 257 g/mol. The van der Waals surface area contributed by atoms with Crippen LogP contribution in [-0.2, 0) is 12.8 Å². The van der Waals surface area contributed by atoms with E-state index in [-0.39, 0.29) is 0 Å². The maximum absolute atomic E-state index is 3.98. The second kappa shape index (κ2) is 6.09. The zero-order valence-corrected chi connectivity index (χ0v) is 12.2. The lowest BCUT2D eigenvalue weighted by Gasteiger charge is -2.32. The molecule has 1 atom stereocenters. The van der Waals surface area contributed by atoms with Crippen LogP contribution in [0.5, 0.6) is 0 Å². The van der Waals surface area contributed by atoms with Crippen molar-refractivity contribution in [1.29, 1.82) is 0 Å². The van der Waals surface area contributed by atoms with Crippen LogP contribution in [0.2, 0.25) is 0 Å². The van der Waals surface area contributed by atoms with Gasteiger partial charge in [0.05, 0.1) is 0 Å². The highest BCUT2D eigenvalue weighted by Gasteiger charge is 2.27. The van der Waals surface area contributed by atoms with Crippen LogP contribution in [0.4, 0.5) is 0 Å². The van der Waals surface area contributed by atoms with Crippen LogP contribution in [-0.4, -0.2) is 12.1 Å². The fourth-order valence-electron chi connectivity index (χ4n) is 4.10. The summed E-state index contributed by atoms with van der Waals surface area (Å²) >= 11 is 0. The van der Waals surface area contributed by atoms with E-state index in [9.17, 15) is 0 Å². The highest BCUT2D eigenvalue weighted by Crippen LogP contribution is 2.29. The molecule has 0 radical (unpaired) electrons. The van der Waals surface area contributed by atoms with Crippen molar-refractivity contribution in [3.05, 3.63) is 35.4 Å². The van der Waals surface area contributed by atoms with Gasteiger partial charge in [-0.2, -0.15) is 0 Å². The van der Waals surface area contributed by atoms with Crippen molar-refractivity contribution >= 4 is 0 Å². The fourth-order valence-corrected chi connectivity index (χ4v) is 4.10. The molecule has 0 amide bonds. The Kier molecular flexibility index (Phi) is 4.22. The molecule has 1 fully saturated rings. The molecule has 0 saturated heterocycles. The average molecular weight is 257 g/mol. The first kappa shape index (κ1) is 13.2. The number of benzene rings is 1. The summed E-state index contributed by atoms with van der Waals surface area (Å²) in [5.74, 6) is 0.933. The minimum atomic E-state index is 0.685. The van der Waals surface area contributed by atoms with Gasteiger partial charge in [0.2, 0.25) is 0 Å². The number of rotatable bonds is 4. The lowest BCUT2D eigenvalue weighted by atomic mass is 9.82. The van der Waals surface area contributed by atoms with Gasteiger partial charge in [0.15, 0.2) is 0 Å². The minimum absolute atomic E-state index is 0.685. The molecule has 0 spiro atoms. The van der Waals surface area contributed by atoms with Crippen LogP contribution in [0.15, 0.2) is 24.3 Å². The Morgan fingerprint density at radius 1 is 1.05 bits per heavy atom. The van der Waals surface area contributed by atoms with E-state index in [0.29, 0.717) is 6.04 Å². The van der Waals surface area contributed by atoms with Gasteiger partial charge in [0.25, 0.3) is 0 Å². The molecular formula is C18H27N. The maximum atomic E-state index is 3.98. The standard InChI is InChI=1S/C18H27N/c1-2-18(14-8-4-3-5-9-14)19-17-12-15-10-6-7-11-16(15)13-17/h6-7,10-11,14,17-19H,2-5,8-9,12-13H2,1H3. The normalized spacial score (nSPS) is 22.4. The van der Waals surface area contributed by atoms with Gasteiger partial charge >= 0.3 is 0 Å². The van der Waals surface area contributed by atoms with Gasteiger partial charge in [-0.15, -0.1) is 0 Å². The van der Waals surface area contributed by atoms with Crippen LogP contribution in [0, 0.1) is 5.92 Å². The highest BCUT2D eigenvalue weighted by molar-refractivity contribution is 5.33. The number of hydrogen-bond donors (Lipinski definition) is 1. The van der Waals surface area contributed by atoms with Crippen LogP contribution in [0.1, 0.15) is 56.6 Å². The quantitative estimate of drug-likeness (QED) is 0.856. The molecule has 1 aromatic carbocycles. The van der Waals surface area contributed by atoms with Gasteiger partial charge in [-0.05, 0) is 49.1 Å². The van der Waals surface area contributed by atoms with Gasteiger partial charge in [0, 0.05) is 12.1 Å². The molecule has 0 aromatic heterocycles. The molecule has 1 nitrogen and oxygen atoms in total. The second-order valence-corrected chi connectivity index (χ2v) is 6.45. The summed E-state index contributed by atoms with van der Waals surface area (Å²) in [5, 5.41) is 3.98. The van der Waals surface area contributed by atoms with Crippen molar-refractivity contribution < 1.29 is 0 Å². The lowest BCUT2D eigenvalue weighted by molar-refractivity contribution is 0.246. The summed E-state index contributed by atoms with van der Waals surface area (Å²) in [6.07, 6.45) is 11.0. The first-order chi connectivity index (χ1) is 9.36. The van der Waals surface area contributed by atoms with Crippen LogP contribution < -0.4 is 5.32 Å². The predicted molar refractivity (Wildman–Crippen MR) is 81.4 cm³/mol. The molecule has 1 aromatic rings. The molecule has 19 heavy (non-hydrogen) atoms. The van der Waals surface area contributed by atoms with Gasteiger partial charge in [-0.25, -0.2) is 0 Å². The highest BCUT2D eigenvalue weighted by atomic mass is 15.0. The molecular weight excluding hydrogens is 230 g/mol. The van der Waals surface area contributed by atoms with Crippen molar-refractivity contribution in [3.63, 3.8) is 0 Å².